The first-order valence-electron chi connectivity index (χ1n) is 10.0. The van der Waals surface area contributed by atoms with Gasteiger partial charge >= 0.3 is 6.03 Å². The largest absolute Gasteiger partial charge is 0.436 e. The van der Waals surface area contributed by atoms with Crippen molar-refractivity contribution in [2.75, 3.05) is 10.6 Å². The second kappa shape index (κ2) is 8.19. The zero-order valence-corrected chi connectivity index (χ0v) is 17.3. The Morgan fingerprint density at radius 2 is 1.91 bits per heavy atom. The molecule has 7 nitrogen and oxygen atoms in total. The van der Waals surface area contributed by atoms with Gasteiger partial charge in [-0.2, -0.15) is 5.10 Å². The quantitative estimate of drug-likeness (QED) is 0.311. The Balaban J connectivity index is 1.39. The summed E-state index contributed by atoms with van der Waals surface area (Å²) < 4.78 is 32.8. The number of urea groups is 1. The molecule has 0 aliphatic heterocycles. The molecule has 0 spiro atoms. The predicted molar refractivity (Wildman–Crippen MR) is 121 cm³/mol. The number of amides is 2. The normalized spacial score (nSPS) is 11.0. The molecule has 3 N–H and O–H groups in total. The molecule has 0 unspecified atom stereocenters. The molecule has 0 fully saturated rings. The molecule has 2 amide bonds. The zero-order chi connectivity index (χ0) is 22.9. The van der Waals surface area contributed by atoms with E-state index in [4.69, 9.17) is 4.42 Å². The Bertz CT molecular complexity index is 1490. The lowest BCUT2D eigenvalue weighted by Crippen LogP contribution is -2.20. The van der Waals surface area contributed by atoms with Crippen LogP contribution in [0.25, 0.3) is 33.8 Å². The Kier molecular flexibility index (Phi) is 5.06. The van der Waals surface area contributed by atoms with E-state index in [1.165, 1.54) is 0 Å². The van der Waals surface area contributed by atoms with Crippen LogP contribution in [0.4, 0.5) is 25.0 Å². The van der Waals surface area contributed by atoms with E-state index in [1.54, 1.807) is 24.4 Å². The van der Waals surface area contributed by atoms with Crippen LogP contribution in [0.15, 0.2) is 71.3 Å². The van der Waals surface area contributed by atoms with Crippen molar-refractivity contribution in [3.05, 3.63) is 84.1 Å². The molecule has 164 valence electrons. The van der Waals surface area contributed by atoms with Crippen molar-refractivity contribution in [2.45, 2.75) is 6.92 Å². The van der Waals surface area contributed by atoms with Gasteiger partial charge in [0.2, 0.25) is 5.89 Å². The van der Waals surface area contributed by atoms with Gasteiger partial charge in [0, 0.05) is 17.3 Å². The number of hydrogen-bond acceptors (Lipinski definition) is 4. The van der Waals surface area contributed by atoms with Crippen molar-refractivity contribution >= 4 is 28.5 Å². The summed E-state index contributed by atoms with van der Waals surface area (Å²) in [6.45, 7) is 1.98. The summed E-state index contributed by atoms with van der Waals surface area (Å²) in [6.07, 6.45) is 1.62. The van der Waals surface area contributed by atoms with E-state index in [-0.39, 0.29) is 5.69 Å². The predicted octanol–water partition coefficient (Wildman–Crippen LogP) is 6.12. The number of carbonyl (C=O) groups excluding carboxylic acids is 1. The average Bonchev–Trinajstić information content (AvgIpc) is 3.42. The average molecular weight is 445 g/mol. The lowest BCUT2D eigenvalue weighted by Gasteiger charge is -2.10. The van der Waals surface area contributed by atoms with Crippen LogP contribution in [0.1, 0.15) is 5.56 Å². The molecule has 0 aliphatic carbocycles. The fraction of sp³-hybridized carbons (Fsp3) is 0.0417. The molecule has 2 aromatic heterocycles. The number of carbonyl (C=O) groups is 1. The molecule has 5 rings (SSSR count). The van der Waals surface area contributed by atoms with E-state index in [1.807, 2.05) is 31.2 Å². The number of nitrogens with one attached hydrogen (secondary N) is 3. The highest BCUT2D eigenvalue weighted by Crippen LogP contribution is 2.33. The summed E-state index contributed by atoms with van der Waals surface area (Å²) in [5.41, 5.74) is 4.86. The Morgan fingerprint density at radius 1 is 1.03 bits per heavy atom. The van der Waals surface area contributed by atoms with Crippen LogP contribution in [0.3, 0.4) is 0 Å². The van der Waals surface area contributed by atoms with Crippen molar-refractivity contribution in [2.24, 2.45) is 0 Å². The molecular formula is C24H17F2N5O2. The fourth-order valence-electron chi connectivity index (χ4n) is 3.44. The van der Waals surface area contributed by atoms with E-state index in [2.05, 4.69) is 25.8 Å². The van der Waals surface area contributed by atoms with Crippen molar-refractivity contribution in [3.63, 3.8) is 0 Å². The molecule has 0 radical (unpaired) electrons. The summed E-state index contributed by atoms with van der Waals surface area (Å²) >= 11 is 0. The van der Waals surface area contributed by atoms with Crippen LogP contribution in [-0.4, -0.2) is 21.2 Å². The Hall–Kier alpha value is -4.53. The maximum absolute atomic E-state index is 13.8. The molecule has 0 bridgehead atoms. The number of aromatic amines is 1. The first kappa shape index (κ1) is 20.4. The minimum Gasteiger partial charge on any atom is -0.436 e. The molecule has 2 heterocycles. The summed E-state index contributed by atoms with van der Waals surface area (Å²) in [4.78, 5) is 16.9. The van der Waals surface area contributed by atoms with E-state index in [0.29, 0.717) is 34.5 Å². The van der Waals surface area contributed by atoms with Crippen molar-refractivity contribution in [1.29, 1.82) is 0 Å². The summed E-state index contributed by atoms with van der Waals surface area (Å²) in [5, 5.41) is 12.1. The number of hydrogen-bond donors (Lipinski definition) is 3. The third-order valence-corrected chi connectivity index (χ3v) is 5.00. The van der Waals surface area contributed by atoms with E-state index in [0.717, 1.165) is 28.8 Å². The molecule has 3 aromatic carbocycles. The van der Waals surface area contributed by atoms with Gasteiger partial charge in [-0.15, -0.1) is 0 Å². The Morgan fingerprint density at radius 3 is 2.76 bits per heavy atom. The summed E-state index contributed by atoms with van der Waals surface area (Å²) in [5.74, 6) is -1.17. The van der Waals surface area contributed by atoms with Gasteiger partial charge in [0.1, 0.15) is 17.2 Å². The maximum Gasteiger partial charge on any atom is 0.323 e. The number of aryl methyl sites for hydroxylation is 1. The number of halogens is 2. The van der Waals surface area contributed by atoms with Crippen molar-refractivity contribution in [3.8, 4) is 22.7 Å². The van der Waals surface area contributed by atoms with E-state index < -0.39 is 17.7 Å². The SMILES string of the molecule is Cc1ccc2nc(-c3cn[nH]c3-c3cccc(NC(=O)Nc4ccc(F)cc4F)c3)oc2c1. The first-order valence-corrected chi connectivity index (χ1v) is 10.0. The van der Waals surface area contributed by atoms with Gasteiger partial charge in [0.15, 0.2) is 5.58 Å². The van der Waals surface area contributed by atoms with Crippen LogP contribution in [0.5, 0.6) is 0 Å². The molecule has 9 heteroatoms. The second-order valence-electron chi connectivity index (χ2n) is 7.43. The standard InChI is InChI=1S/C24H17F2N5O2/c1-13-5-7-20-21(9-13)33-23(29-20)17-12-27-31-22(17)14-3-2-4-16(10-14)28-24(32)30-19-8-6-15(25)11-18(19)26/h2-12H,1H3,(H,27,31)(H2,28,30,32). The van der Waals surface area contributed by atoms with Gasteiger partial charge < -0.3 is 15.1 Å². The monoisotopic (exact) mass is 445 g/mol. The van der Waals surface area contributed by atoms with E-state index >= 15 is 0 Å². The first-order chi connectivity index (χ1) is 16.0. The van der Waals surface area contributed by atoms with Gasteiger partial charge in [-0.1, -0.05) is 18.2 Å². The van der Waals surface area contributed by atoms with E-state index in [9.17, 15) is 13.6 Å². The summed E-state index contributed by atoms with van der Waals surface area (Å²) in [7, 11) is 0. The third kappa shape index (κ3) is 4.16. The molecular weight excluding hydrogens is 428 g/mol. The summed E-state index contributed by atoms with van der Waals surface area (Å²) in [6, 6.07) is 15.0. The molecule has 0 aliphatic rings. The number of anilines is 2. The van der Waals surface area contributed by atoms with Gasteiger partial charge in [0.25, 0.3) is 0 Å². The number of nitrogens with zero attached hydrogens (tertiary/aromatic N) is 2. The number of H-pyrrole nitrogens is 1. The van der Waals surface area contributed by atoms with Crippen LogP contribution in [0.2, 0.25) is 0 Å². The highest BCUT2D eigenvalue weighted by atomic mass is 19.1. The molecule has 0 atom stereocenters. The van der Waals surface area contributed by atoms with Crippen LogP contribution in [0, 0.1) is 18.6 Å². The zero-order valence-electron chi connectivity index (χ0n) is 17.3. The maximum atomic E-state index is 13.8. The van der Waals surface area contributed by atoms with Crippen LogP contribution in [-0.2, 0) is 0 Å². The van der Waals surface area contributed by atoms with Gasteiger partial charge in [0.05, 0.1) is 23.1 Å². The third-order valence-electron chi connectivity index (χ3n) is 5.00. The minimum absolute atomic E-state index is 0.132. The number of benzene rings is 3. The number of rotatable bonds is 4. The van der Waals surface area contributed by atoms with Gasteiger partial charge in [-0.25, -0.2) is 18.6 Å². The molecule has 0 saturated heterocycles. The highest BCUT2D eigenvalue weighted by molar-refractivity contribution is 6.00. The second-order valence-corrected chi connectivity index (χ2v) is 7.43. The topological polar surface area (TPSA) is 95.8 Å². The smallest absolute Gasteiger partial charge is 0.323 e. The molecule has 33 heavy (non-hydrogen) atoms. The van der Waals surface area contributed by atoms with Gasteiger partial charge in [-0.05, 0) is 48.9 Å². The minimum atomic E-state index is -0.866. The lowest BCUT2D eigenvalue weighted by atomic mass is 10.1. The lowest BCUT2D eigenvalue weighted by molar-refractivity contribution is 0.262. The van der Waals surface area contributed by atoms with Crippen LogP contribution >= 0.6 is 0 Å². The van der Waals surface area contributed by atoms with Crippen molar-refractivity contribution in [1.82, 2.24) is 15.2 Å². The van der Waals surface area contributed by atoms with Gasteiger partial charge in [-0.3, -0.25) is 5.10 Å². The molecule has 0 saturated carbocycles. The highest BCUT2D eigenvalue weighted by Gasteiger charge is 2.17. The number of fused-ring (bicyclic) bond motifs is 1. The molecule has 5 aromatic rings. The van der Waals surface area contributed by atoms with Crippen LogP contribution < -0.4 is 10.6 Å². The Labute approximate surface area is 186 Å². The number of oxazole rings is 1. The van der Waals surface area contributed by atoms with Crippen molar-refractivity contribution < 1.29 is 18.0 Å². The number of aromatic nitrogens is 3. The fourth-order valence-corrected chi connectivity index (χ4v) is 3.44.